The standard InChI is InChI=1S/C24H19FN2O5/c1-14-20(22(28)26-18-5-3-4-16(12-18)24(30)31-2)21-19(32-14)10-11-27(23(21)29)13-15-6-8-17(25)9-7-15/h3-12H,13H2,1-2H3,(H,26,28). The van der Waals surface area contributed by atoms with Gasteiger partial charge in [0.2, 0.25) is 0 Å². The lowest BCUT2D eigenvalue weighted by atomic mass is 10.1. The van der Waals surface area contributed by atoms with Crippen molar-refractivity contribution < 1.29 is 23.1 Å². The van der Waals surface area contributed by atoms with Crippen molar-refractivity contribution in [2.75, 3.05) is 12.4 Å². The predicted molar refractivity (Wildman–Crippen MR) is 116 cm³/mol. The number of ether oxygens (including phenoxy) is 1. The Morgan fingerprint density at radius 2 is 1.88 bits per heavy atom. The van der Waals surface area contributed by atoms with Crippen LogP contribution in [0, 0.1) is 12.7 Å². The van der Waals surface area contributed by atoms with Crippen LogP contribution in [-0.4, -0.2) is 23.6 Å². The fourth-order valence-electron chi connectivity index (χ4n) is 3.48. The van der Waals surface area contributed by atoms with E-state index >= 15 is 0 Å². The number of amides is 1. The number of pyridine rings is 1. The van der Waals surface area contributed by atoms with E-state index in [1.807, 2.05) is 0 Å². The third-order valence-corrected chi connectivity index (χ3v) is 5.03. The molecule has 2 aromatic heterocycles. The van der Waals surface area contributed by atoms with Crippen LogP contribution >= 0.6 is 0 Å². The molecule has 0 aliphatic heterocycles. The lowest BCUT2D eigenvalue weighted by molar-refractivity contribution is 0.0600. The van der Waals surface area contributed by atoms with E-state index < -0.39 is 17.4 Å². The number of methoxy groups -OCH3 is 1. The van der Waals surface area contributed by atoms with E-state index in [4.69, 9.17) is 9.15 Å². The second kappa shape index (κ2) is 8.50. The number of carbonyl (C=O) groups excluding carboxylic acids is 2. The van der Waals surface area contributed by atoms with Crippen molar-refractivity contribution in [3.05, 3.63) is 99.4 Å². The maximum atomic E-state index is 13.2. The average molecular weight is 434 g/mol. The van der Waals surface area contributed by atoms with Crippen LogP contribution in [0.2, 0.25) is 0 Å². The van der Waals surface area contributed by atoms with Gasteiger partial charge in [0.1, 0.15) is 17.2 Å². The van der Waals surface area contributed by atoms with Crippen LogP contribution in [0.15, 0.2) is 70.0 Å². The molecule has 0 spiro atoms. The third-order valence-electron chi connectivity index (χ3n) is 5.03. The lowest BCUT2D eigenvalue weighted by Crippen LogP contribution is -2.22. The molecule has 2 heterocycles. The Labute approximate surface area is 182 Å². The molecule has 8 heteroatoms. The Morgan fingerprint density at radius 3 is 2.59 bits per heavy atom. The van der Waals surface area contributed by atoms with Crippen LogP contribution in [0.25, 0.3) is 11.0 Å². The highest BCUT2D eigenvalue weighted by atomic mass is 19.1. The minimum Gasteiger partial charge on any atom is -0.465 e. The molecule has 2 aromatic carbocycles. The Morgan fingerprint density at radius 1 is 1.12 bits per heavy atom. The highest BCUT2D eigenvalue weighted by Gasteiger charge is 2.22. The van der Waals surface area contributed by atoms with Crippen LogP contribution in [0.5, 0.6) is 0 Å². The maximum Gasteiger partial charge on any atom is 0.337 e. The van der Waals surface area contributed by atoms with Gasteiger partial charge in [-0.25, -0.2) is 9.18 Å². The number of hydrogen-bond donors (Lipinski definition) is 1. The monoisotopic (exact) mass is 434 g/mol. The topological polar surface area (TPSA) is 90.5 Å². The zero-order chi connectivity index (χ0) is 22.8. The molecule has 7 nitrogen and oxygen atoms in total. The number of carbonyl (C=O) groups is 2. The van der Waals surface area contributed by atoms with Gasteiger partial charge in [0.15, 0.2) is 0 Å². The van der Waals surface area contributed by atoms with Gasteiger partial charge in [0.05, 0.1) is 30.2 Å². The van der Waals surface area contributed by atoms with Gasteiger partial charge in [-0.2, -0.15) is 0 Å². The molecule has 32 heavy (non-hydrogen) atoms. The van der Waals surface area contributed by atoms with Crippen molar-refractivity contribution in [1.29, 1.82) is 0 Å². The zero-order valence-electron chi connectivity index (χ0n) is 17.3. The quantitative estimate of drug-likeness (QED) is 0.477. The number of rotatable bonds is 5. The van der Waals surface area contributed by atoms with Gasteiger partial charge in [0.25, 0.3) is 11.5 Å². The summed E-state index contributed by atoms with van der Waals surface area (Å²) in [7, 11) is 1.27. The number of halogens is 1. The minimum atomic E-state index is -0.542. The molecule has 4 aromatic rings. The zero-order valence-corrected chi connectivity index (χ0v) is 17.3. The number of aryl methyl sites for hydroxylation is 1. The first-order chi connectivity index (χ1) is 15.4. The van der Waals surface area contributed by atoms with Crippen LogP contribution in [0.4, 0.5) is 10.1 Å². The first kappa shape index (κ1) is 21.0. The molecule has 0 saturated carbocycles. The lowest BCUT2D eigenvalue weighted by Gasteiger charge is -2.08. The van der Waals surface area contributed by atoms with Gasteiger partial charge in [0, 0.05) is 11.9 Å². The van der Waals surface area contributed by atoms with Crippen molar-refractivity contribution in [3.63, 3.8) is 0 Å². The number of esters is 1. The van der Waals surface area contributed by atoms with Crippen molar-refractivity contribution in [1.82, 2.24) is 4.57 Å². The Kier molecular flexibility index (Phi) is 5.59. The number of furan rings is 1. The summed E-state index contributed by atoms with van der Waals surface area (Å²) in [4.78, 5) is 37.9. The van der Waals surface area contributed by atoms with Gasteiger partial charge in [-0.3, -0.25) is 9.59 Å². The molecule has 0 atom stereocenters. The fraction of sp³-hybridized carbons (Fsp3) is 0.125. The first-order valence-corrected chi connectivity index (χ1v) is 9.74. The molecule has 0 aliphatic carbocycles. The fourth-order valence-corrected chi connectivity index (χ4v) is 3.48. The van der Waals surface area contributed by atoms with Gasteiger partial charge < -0.3 is 19.0 Å². The molecule has 4 rings (SSSR count). The minimum absolute atomic E-state index is 0.113. The number of anilines is 1. The normalized spacial score (nSPS) is 10.8. The summed E-state index contributed by atoms with van der Waals surface area (Å²) in [5, 5.41) is 2.85. The van der Waals surface area contributed by atoms with Gasteiger partial charge in [-0.05, 0) is 48.9 Å². The van der Waals surface area contributed by atoms with E-state index in [9.17, 15) is 18.8 Å². The summed E-state index contributed by atoms with van der Waals surface area (Å²) in [5.74, 6) is -1.15. The number of fused-ring (bicyclic) bond motifs is 1. The number of aromatic nitrogens is 1. The van der Waals surface area contributed by atoms with Crippen molar-refractivity contribution >= 4 is 28.5 Å². The van der Waals surface area contributed by atoms with E-state index in [-0.39, 0.29) is 34.5 Å². The Balaban J connectivity index is 1.70. The maximum absolute atomic E-state index is 13.2. The second-order valence-electron chi connectivity index (χ2n) is 7.17. The van der Waals surface area contributed by atoms with Gasteiger partial charge in [-0.15, -0.1) is 0 Å². The predicted octanol–water partition coefficient (Wildman–Crippen LogP) is 4.13. The molecule has 0 bridgehead atoms. The summed E-state index contributed by atoms with van der Waals surface area (Å²) >= 11 is 0. The second-order valence-corrected chi connectivity index (χ2v) is 7.17. The Hall–Kier alpha value is -4.20. The highest BCUT2D eigenvalue weighted by molar-refractivity contribution is 6.13. The van der Waals surface area contributed by atoms with Crippen LogP contribution in [0.3, 0.4) is 0 Å². The van der Waals surface area contributed by atoms with E-state index in [0.717, 1.165) is 5.56 Å². The average Bonchev–Trinajstić information content (AvgIpc) is 3.13. The molecule has 0 saturated heterocycles. The molecular weight excluding hydrogens is 415 g/mol. The largest absolute Gasteiger partial charge is 0.465 e. The van der Waals surface area contributed by atoms with Crippen molar-refractivity contribution in [2.24, 2.45) is 0 Å². The van der Waals surface area contributed by atoms with Crippen molar-refractivity contribution in [2.45, 2.75) is 13.5 Å². The van der Waals surface area contributed by atoms with E-state index in [0.29, 0.717) is 11.4 Å². The molecule has 162 valence electrons. The molecular formula is C24H19FN2O5. The number of nitrogens with zero attached hydrogens (tertiary/aromatic N) is 1. The SMILES string of the molecule is COC(=O)c1cccc(NC(=O)c2c(C)oc3ccn(Cc4ccc(F)cc4)c(=O)c23)c1. The van der Waals surface area contributed by atoms with Crippen LogP contribution in [0.1, 0.15) is 32.0 Å². The summed E-state index contributed by atoms with van der Waals surface area (Å²) in [6.07, 6.45) is 1.57. The van der Waals surface area contributed by atoms with Crippen LogP contribution < -0.4 is 10.9 Å². The molecule has 0 radical (unpaired) electrons. The summed E-state index contributed by atoms with van der Waals surface area (Å²) < 4.78 is 24.9. The highest BCUT2D eigenvalue weighted by Crippen LogP contribution is 2.24. The number of benzene rings is 2. The van der Waals surface area contributed by atoms with E-state index in [2.05, 4.69) is 5.32 Å². The van der Waals surface area contributed by atoms with Gasteiger partial charge in [-0.1, -0.05) is 18.2 Å². The van der Waals surface area contributed by atoms with Gasteiger partial charge >= 0.3 is 5.97 Å². The summed E-state index contributed by atoms with van der Waals surface area (Å²) in [6.45, 7) is 1.81. The number of nitrogens with one attached hydrogen (secondary N) is 1. The van der Waals surface area contributed by atoms with Crippen molar-refractivity contribution in [3.8, 4) is 0 Å². The third kappa shape index (κ3) is 4.02. The molecule has 1 amide bonds. The Bertz CT molecular complexity index is 1390. The molecule has 0 aliphatic rings. The molecule has 0 fully saturated rings. The smallest absolute Gasteiger partial charge is 0.337 e. The summed E-state index contributed by atoms with van der Waals surface area (Å²) in [6, 6.07) is 13.7. The van der Waals surface area contributed by atoms with E-state index in [1.54, 1.807) is 49.5 Å². The van der Waals surface area contributed by atoms with Crippen LogP contribution in [-0.2, 0) is 11.3 Å². The number of hydrogen-bond acceptors (Lipinski definition) is 5. The first-order valence-electron chi connectivity index (χ1n) is 9.74. The summed E-state index contributed by atoms with van der Waals surface area (Å²) in [5.41, 5.74) is 1.38. The molecule has 1 N–H and O–H groups in total. The molecule has 0 unspecified atom stereocenters. The van der Waals surface area contributed by atoms with E-state index in [1.165, 1.54) is 29.9 Å².